The molecule has 5 heteroatoms. The first kappa shape index (κ1) is 12.8. The molecule has 2 N–H and O–H groups in total. The number of nitrogens with one attached hydrogen (secondary N) is 1. The fraction of sp³-hybridized carbons (Fsp3) is 0.364. The minimum atomic E-state index is -0.535. The third-order valence-corrected chi connectivity index (χ3v) is 2.71. The molecule has 0 aromatic heterocycles. The lowest BCUT2D eigenvalue weighted by Gasteiger charge is -2.06. The van der Waals surface area contributed by atoms with Crippen LogP contribution in [0.5, 0.6) is 5.75 Å². The summed E-state index contributed by atoms with van der Waals surface area (Å²) in [6.07, 6.45) is 2.84. The fourth-order valence-corrected chi connectivity index (χ4v) is 1.64. The zero-order valence-electron chi connectivity index (χ0n) is 9.00. The van der Waals surface area contributed by atoms with Gasteiger partial charge in [-0.3, -0.25) is 4.79 Å². The summed E-state index contributed by atoms with van der Waals surface area (Å²) in [6, 6.07) is 3.31. The van der Waals surface area contributed by atoms with Crippen LogP contribution >= 0.6 is 11.8 Å². The number of carbonyl (C=O) groups excluding carboxylic acids is 1. The summed E-state index contributed by atoms with van der Waals surface area (Å²) in [5.74, 6) is -0.232. The van der Waals surface area contributed by atoms with E-state index in [1.54, 1.807) is 11.8 Å². The number of thioether (sulfide) groups is 1. The van der Waals surface area contributed by atoms with Crippen molar-refractivity contribution in [1.82, 2.24) is 5.32 Å². The van der Waals surface area contributed by atoms with E-state index in [1.807, 2.05) is 6.26 Å². The predicted molar refractivity (Wildman–Crippen MR) is 63.4 cm³/mol. The summed E-state index contributed by atoms with van der Waals surface area (Å²) in [4.78, 5) is 11.5. The Balaban J connectivity index is 2.55. The highest BCUT2D eigenvalue weighted by Gasteiger charge is 2.11. The van der Waals surface area contributed by atoms with E-state index in [0.29, 0.717) is 6.54 Å². The number of amides is 1. The smallest absolute Gasteiger partial charge is 0.255 e. The van der Waals surface area contributed by atoms with Crippen LogP contribution in [-0.4, -0.2) is 29.6 Å². The van der Waals surface area contributed by atoms with E-state index >= 15 is 0 Å². The summed E-state index contributed by atoms with van der Waals surface area (Å²) in [5.41, 5.74) is -0.0239. The van der Waals surface area contributed by atoms with Gasteiger partial charge in [0, 0.05) is 6.54 Å². The molecular weight excluding hydrogens is 229 g/mol. The normalized spacial score (nSPS) is 10.1. The molecule has 16 heavy (non-hydrogen) atoms. The predicted octanol–water partition coefficient (Wildman–Crippen LogP) is 2.01. The van der Waals surface area contributed by atoms with Crippen LogP contribution in [-0.2, 0) is 0 Å². The molecule has 0 aliphatic carbocycles. The van der Waals surface area contributed by atoms with Gasteiger partial charge in [0.25, 0.3) is 5.91 Å². The van der Waals surface area contributed by atoms with Gasteiger partial charge in [0.05, 0.1) is 5.56 Å². The SMILES string of the molecule is CSCCCNC(=O)c1cc(F)ccc1O. The van der Waals surface area contributed by atoms with Crippen LogP contribution in [0.3, 0.4) is 0 Å². The Labute approximate surface area is 98.1 Å². The second-order valence-electron chi connectivity index (χ2n) is 3.26. The molecule has 0 unspecified atom stereocenters. The minimum Gasteiger partial charge on any atom is -0.507 e. The van der Waals surface area contributed by atoms with Crippen molar-refractivity contribution < 1.29 is 14.3 Å². The van der Waals surface area contributed by atoms with Crippen LogP contribution in [0.2, 0.25) is 0 Å². The van der Waals surface area contributed by atoms with Crippen molar-refractivity contribution in [2.45, 2.75) is 6.42 Å². The van der Waals surface area contributed by atoms with Crippen LogP contribution in [0.25, 0.3) is 0 Å². The van der Waals surface area contributed by atoms with Gasteiger partial charge in [0.2, 0.25) is 0 Å². The molecule has 0 radical (unpaired) electrons. The highest BCUT2D eigenvalue weighted by Crippen LogP contribution is 2.17. The number of benzene rings is 1. The Morgan fingerprint density at radius 1 is 1.56 bits per heavy atom. The van der Waals surface area contributed by atoms with E-state index in [0.717, 1.165) is 24.3 Å². The number of hydrogen-bond acceptors (Lipinski definition) is 3. The van der Waals surface area contributed by atoms with Gasteiger partial charge in [-0.25, -0.2) is 4.39 Å². The standard InChI is InChI=1S/C11H14FNO2S/c1-16-6-2-5-13-11(15)9-7-8(12)3-4-10(9)14/h3-4,7,14H,2,5-6H2,1H3,(H,13,15). The monoisotopic (exact) mass is 243 g/mol. The van der Waals surface area contributed by atoms with Gasteiger partial charge in [0.1, 0.15) is 11.6 Å². The molecular formula is C11H14FNO2S. The summed E-state index contributed by atoms with van der Waals surface area (Å²) < 4.78 is 12.9. The maximum Gasteiger partial charge on any atom is 0.255 e. The highest BCUT2D eigenvalue weighted by molar-refractivity contribution is 7.98. The number of halogens is 1. The molecule has 0 saturated heterocycles. The van der Waals surface area contributed by atoms with Gasteiger partial charge >= 0.3 is 0 Å². The molecule has 0 fully saturated rings. The Kier molecular flexibility index (Phi) is 5.11. The third-order valence-electron chi connectivity index (χ3n) is 2.01. The Morgan fingerprint density at radius 3 is 3.00 bits per heavy atom. The second-order valence-corrected chi connectivity index (χ2v) is 4.25. The number of carbonyl (C=O) groups is 1. The summed E-state index contributed by atoms with van der Waals surface area (Å²) in [6.45, 7) is 0.523. The molecule has 0 heterocycles. The lowest BCUT2D eigenvalue weighted by molar-refractivity contribution is 0.0950. The molecule has 0 bridgehead atoms. The number of phenolic OH excluding ortho intramolecular Hbond substituents is 1. The van der Waals surface area contributed by atoms with Crippen LogP contribution < -0.4 is 5.32 Å². The molecule has 1 rings (SSSR count). The first-order valence-electron chi connectivity index (χ1n) is 4.91. The van der Waals surface area contributed by atoms with Gasteiger partial charge < -0.3 is 10.4 Å². The summed E-state index contributed by atoms with van der Waals surface area (Å²) >= 11 is 1.69. The number of hydrogen-bond donors (Lipinski definition) is 2. The van der Waals surface area contributed by atoms with E-state index in [1.165, 1.54) is 6.07 Å². The van der Waals surface area contributed by atoms with Crippen molar-refractivity contribution in [3.8, 4) is 5.75 Å². The number of rotatable bonds is 5. The van der Waals surface area contributed by atoms with E-state index < -0.39 is 11.7 Å². The lowest BCUT2D eigenvalue weighted by Crippen LogP contribution is -2.25. The lowest BCUT2D eigenvalue weighted by atomic mass is 10.2. The van der Waals surface area contributed by atoms with Crippen molar-refractivity contribution in [3.05, 3.63) is 29.6 Å². The fourth-order valence-electron chi connectivity index (χ4n) is 1.20. The summed E-state index contributed by atoms with van der Waals surface area (Å²) in [5, 5.41) is 12.0. The van der Waals surface area contributed by atoms with Crippen molar-refractivity contribution in [1.29, 1.82) is 0 Å². The molecule has 3 nitrogen and oxygen atoms in total. The van der Waals surface area contributed by atoms with Gasteiger partial charge in [-0.1, -0.05) is 0 Å². The van der Waals surface area contributed by atoms with Crippen molar-refractivity contribution >= 4 is 17.7 Å². The molecule has 0 aliphatic rings. The highest BCUT2D eigenvalue weighted by atomic mass is 32.2. The van der Waals surface area contributed by atoms with Crippen LogP contribution in [0.15, 0.2) is 18.2 Å². The zero-order valence-corrected chi connectivity index (χ0v) is 9.81. The van der Waals surface area contributed by atoms with Crippen LogP contribution in [0.4, 0.5) is 4.39 Å². The Hall–Kier alpha value is -1.23. The van der Waals surface area contributed by atoms with Crippen LogP contribution in [0, 0.1) is 5.82 Å². The van der Waals surface area contributed by atoms with Crippen molar-refractivity contribution in [3.63, 3.8) is 0 Å². The van der Waals surface area contributed by atoms with E-state index in [-0.39, 0.29) is 11.3 Å². The quantitative estimate of drug-likeness (QED) is 0.778. The van der Waals surface area contributed by atoms with Gasteiger partial charge in [-0.15, -0.1) is 0 Å². The van der Waals surface area contributed by atoms with Crippen LogP contribution in [0.1, 0.15) is 16.8 Å². The first-order chi connectivity index (χ1) is 7.65. The number of aromatic hydroxyl groups is 1. The van der Waals surface area contributed by atoms with E-state index in [2.05, 4.69) is 5.32 Å². The molecule has 0 atom stereocenters. The van der Waals surface area contributed by atoms with Gasteiger partial charge in [0.15, 0.2) is 0 Å². The molecule has 88 valence electrons. The molecule has 0 aliphatic heterocycles. The molecule has 0 spiro atoms. The average Bonchev–Trinajstić information content (AvgIpc) is 2.27. The van der Waals surface area contributed by atoms with Gasteiger partial charge in [-0.2, -0.15) is 11.8 Å². The average molecular weight is 243 g/mol. The molecule has 1 aromatic carbocycles. The molecule has 1 amide bonds. The van der Waals surface area contributed by atoms with E-state index in [4.69, 9.17) is 0 Å². The maximum atomic E-state index is 12.9. The van der Waals surface area contributed by atoms with E-state index in [9.17, 15) is 14.3 Å². The Bertz CT molecular complexity index is 371. The summed E-state index contributed by atoms with van der Waals surface area (Å²) in [7, 11) is 0. The maximum absolute atomic E-state index is 12.9. The first-order valence-corrected chi connectivity index (χ1v) is 6.30. The van der Waals surface area contributed by atoms with Crippen molar-refractivity contribution in [2.24, 2.45) is 0 Å². The number of phenols is 1. The zero-order chi connectivity index (χ0) is 12.0. The van der Waals surface area contributed by atoms with Crippen molar-refractivity contribution in [2.75, 3.05) is 18.6 Å². The minimum absolute atomic E-state index is 0.0239. The third kappa shape index (κ3) is 3.73. The topological polar surface area (TPSA) is 49.3 Å². The van der Waals surface area contributed by atoms with Gasteiger partial charge in [-0.05, 0) is 36.6 Å². The second kappa shape index (κ2) is 6.37. The molecule has 0 saturated carbocycles. The largest absolute Gasteiger partial charge is 0.507 e. The Morgan fingerprint density at radius 2 is 2.31 bits per heavy atom. The molecule has 1 aromatic rings.